The Bertz CT molecular complexity index is 6130. The molecule has 2 fully saturated rings. The predicted molar refractivity (Wildman–Crippen MR) is 563 cm³/mol. The number of allylic oxidation sites excluding steroid dienone is 1. The summed E-state index contributed by atoms with van der Waals surface area (Å²) in [7, 11) is -3.66. The molecule has 5 unspecified atom stereocenters. The van der Waals surface area contributed by atoms with Crippen LogP contribution in [0.5, 0.6) is 0 Å². The first-order chi connectivity index (χ1) is 65.6. The number of pyridine rings is 2. The number of benzene rings is 11. The molecule has 0 bridgehead atoms. The van der Waals surface area contributed by atoms with E-state index >= 15 is 0 Å². The van der Waals surface area contributed by atoms with Gasteiger partial charge in [-0.15, -0.1) is 6.58 Å². The second kappa shape index (κ2) is 67.4. The number of halogens is 4. The molecular weight excluding hydrogens is 2080 g/mol. The Morgan fingerprint density at radius 1 is 0.570 bits per heavy atom. The number of aliphatic hydroxyl groups is 4. The number of anilines is 2. The van der Waals surface area contributed by atoms with Gasteiger partial charge in [0.15, 0.2) is 5.78 Å². The molecular formula is C107H117B2Br3ClMgN5NaO20S2. The molecule has 3 radical (unpaired) electrons. The number of nitrogens with zero attached hydrogens (tertiary/aromatic N) is 5. The summed E-state index contributed by atoms with van der Waals surface area (Å²) < 4.78 is 64.0. The van der Waals surface area contributed by atoms with Crippen molar-refractivity contribution in [1.29, 1.82) is 0 Å². The van der Waals surface area contributed by atoms with Crippen molar-refractivity contribution in [2.45, 2.75) is 125 Å². The SMILES string of the molecule is C=CCC(C)(O)c1ccccc1.C=C[CH2-].CC(=O)c1ccccc1.CC(O)(CCO)c1ccccc1.CC1(c2ccccc2)CCN(c2cccc(-c3cccnc3)c2)C(=O)O1.CC1(c2ccccc2)CCN(c2cccc(Br)c2)C(=O)O1.Cc1ccc(S(=O)(=O)Cl)cc1.Cc1ccc(S(=O)(=O)OCCC(C)(O)c2ccccc2)cc1.O=C=Nc1cccc(Br)c1.OB(O)c1cccnc1.OOO.[B].[Br-].[H-].[Mg+2].[Na+]. The van der Waals surface area contributed by atoms with E-state index < -0.39 is 54.3 Å². The topological polar surface area (TPSA) is 380 Å². The van der Waals surface area contributed by atoms with Crippen molar-refractivity contribution < 1.29 is 144 Å². The van der Waals surface area contributed by atoms with Crippen LogP contribution in [-0.2, 0) is 70.7 Å². The normalized spacial score (nSPS) is 14.6. The monoisotopic (exact) mass is 2200 g/mol. The van der Waals surface area contributed by atoms with Crippen LogP contribution in [0.4, 0.5) is 26.7 Å². The number of aromatic nitrogens is 2. The third-order valence-corrected chi connectivity index (χ3v) is 24.3. The van der Waals surface area contributed by atoms with Crippen molar-refractivity contribution in [2.75, 3.05) is 36.1 Å². The van der Waals surface area contributed by atoms with Crippen molar-refractivity contribution in [3.63, 3.8) is 0 Å². The Labute approximate surface area is 907 Å². The number of Topliss-reactive ketones (excluding diaryl/α,β-unsaturated/α-hetero) is 1. The smallest absolute Gasteiger partial charge is 1.00 e. The maximum Gasteiger partial charge on any atom is 2.00 e. The van der Waals surface area contributed by atoms with Crippen LogP contribution in [0.15, 0.2) is 401 Å². The van der Waals surface area contributed by atoms with Gasteiger partial charge in [-0.25, -0.2) is 52.9 Å². The van der Waals surface area contributed by atoms with E-state index in [1.54, 1.807) is 123 Å². The summed E-state index contributed by atoms with van der Waals surface area (Å²) in [4.78, 5) is 60.5. The van der Waals surface area contributed by atoms with Crippen molar-refractivity contribution >= 4 is 147 Å². The Kier molecular flexibility index (Phi) is 61.6. The van der Waals surface area contributed by atoms with Crippen molar-refractivity contribution in [1.82, 2.24) is 9.97 Å². The third kappa shape index (κ3) is 46.7. The van der Waals surface area contributed by atoms with E-state index in [1.807, 2.05) is 270 Å². The van der Waals surface area contributed by atoms with Gasteiger partial charge < -0.3 is 58.4 Å². The summed E-state index contributed by atoms with van der Waals surface area (Å²) in [5.41, 5.74) is 8.14. The Balaban J connectivity index is 0.00000161. The molecule has 142 heavy (non-hydrogen) atoms. The number of aliphatic hydroxyl groups excluding tert-OH is 1. The summed E-state index contributed by atoms with van der Waals surface area (Å²) in [6, 6.07) is 99.9. The molecule has 0 saturated carbocycles. The number of ether oxygens (including phenoxy) is 2. The predicted octanol–water partition coefficient (Wildman–Crippen LogP) is 15.8. The van der Waals surface area contributed by atoms with E-state index in [0.717, 1.165) is 88.8 Å². The molecule has 4 heterocycles. The fourth-order valence-corrected chi connectivity index (χ4v) is 15.3. The fraction of sp³-hybridized carbons (Fsp3) is 0.206. The van der Waals surface area contributed by atoms with Gasteiger partial charge in [-0.2, -0.15) is 13.4 Å². The number of cyclic esters (lactones) is 2. The molecule has 2 saturated heterocycles. The molecule has 739 valence electrons. The van der Waals surface area contributed by atoms with Crippen LogP contribution in [0.3, 0.4) is 0 Å². The second-order valence-corrected chi connectivity index (χ2v) is 37.6. The average Bonchev–Trinajstić information content (AvgIpc) is 0.783. The van der Waals surface area contributed by atoms with Gasteiger partial charge in [0.1, 0.15) is 11.2 Å². The molecule has 0 spiro atoms. The average molecular weight is 2200 g/mol. The zero-order chi connectivity index (χ0) is 102. The first-order valence-electron chi connectivity index (χ1n) is 43.1. The number of aryl methyl sites for hydroxylation is 2. The van der Waals surface area contributed by atoms with E-state index in [-0.39, 0.29) is 127 Å². The third-order valence-electron chi connectivity index (χ3n) is 20.6. The quantitative estimate of drug-likeness (QED) is 0.00316. The number of aliphatic imine (C=N–C) groups is 1. The van der Waals surface area contributed by atoms with Crippen molar-refractivity contribution in [3.8, 4) is 11.1 Å². The Hall–Kier alpha value is -10.2. The van der Waals surface area contributed by atoms with Gasteiger partial charge in [-0.3, -0.25) is 28.7 Å². The minimum Gasteiger partial charge on any atom is -1.00 e. The summed E-state index contributed by atoms with van der Waals surface area (Å²) in [5.74, 6) is 0.121. The summed E-state index contributed by atoms with van der Waals surface area (Å²) in [6.07, 6.45) is 13.3. The Morgan fingerprint density at radius 2 is 0.951 bits per heavy atom. The van der Waals surface area contributed by atoms with Crippen LogP contribution in [-0.4, -0.2) is 157 Å². The number of ketones is 1. The van der Waals surface area contributed by atoms with Crippen LogP contribution in [0.1, 0.15) is 124 Å². The van der Waals surface area contributed by atoms with Gasteiger partial charge >= 0.3 is 71.9 Å². The molecule has 25 nitrogen and oxygen atoms in total. The number of isocyanates is 1. The number of amides is 2. The summed E-state index contributed by atoms with van der Waals surface area (Å²) in [5, 5.41) is 71.4. The van der Waals surface area contributed by atoms with Gasteiger partial charge in [-0.05, 0) is 180 Å². The molecule has 2 aliphatic rings. The van der Waals surface area contributed by atoms with Crippen LogP contribution < -0.4 is 61.8 Å². The van der Waals surface area contributed by atoms with Gasteiger partial charge in [0.05, 0.1) is 38.9 Å². The zero-order valence-electron chi connectivity index (χ0n) is 81.5. The zero-order valence-corrected chi connectivity index (χ0v) is 91.1. The van der Waals surface area contributed by atoms with Crippen LogP contribution in [0.25, 0.3) is 11.1 Å². The van der Waals surface area contributed by atoms with Crippen LogP contribution >= 0.6 is 42.5 Å². The largest absolute Gasteiger partial charge is 2.00 e. The first kappa shape index (κ1) is 130. The molecule has 13 aromatic rings. The molecule has 0 aliphatic carbocycles. The minimum atomic E-state index is -3.79. The summed E-state index contributed by atoms with van der Waals surface area (Å²) in [6.45, 7) is 25.7. The molecule has 35 heteroatoms. The minimum absolute atomic E-state index is 0. The van der Waals surface area contributed by atoms with E-state index in [2.05, 4.69) is 71.9 Å². The number of carbonyl (C=O) groups excluding carboxylic acids is 4. The van der Waals surface area contributed by atoms with Gasteiger partial charge in [0.25, 0.3) is 19.2 Å². The molecule has 11 aromatic carbocycles. The van der Waals surface area contributed by atoms with Gasteiger partial charge in [0.2, 0.25) is 6.08 Å². The molecule has 8 N–H and O–H groups in total. The van der Waals surface area contributed by atoms with Crippen molar-refractivity contribution in [3.05, 3.63) is 438 Å². The number of carbonyl (C=O) groups is 3. The molecule has 15 rings (SSSR count). The Morgan fingerprint density at radius 3 is 1.31 bits per heavy atom. The van der Waals surface area contributed by atoms with Gasteiger partial charge in [-0.1, -0.05) is 297 Å². The number of hydrogen-bond acceptors (Lipinski definition) is 23. The maximum atomic E-state index is 12.7. The van der Waals surface area contributed by atoms with E-state index in [0.29, 0.717) is 37.1 Å². The maximum absolute atomic E-state index is 12.7. The molecule has 5 atom stereocenters. The summed E-state index contributed by atoms with van der Waals surface area (Å²) >= 11 is 6.67. The van der Waals surface area contributed by atoms with E-state index in [9.17, 15) is 51.3 Å². The molecule has 2 amide bonds. The van der Waals surface area contributed by atoms with Gasteiger partial charge in [0, 0.05) is 126 Å². The number of rotatable bonds is 21. The fourth-order valence-electron chi connectivity index (χ4n) is 12.8. The second-order valence-electron chi connectivity index (χ2n) is 31.6. The number of hydrogen-bond donors (Lipinski definition) is 8. The van der Waals surface area contributed by atoms with Crippen LogP contribution in [0, 0.1) is 20.8 Å². The first-order valence-corrected chi connectivity index (χ1v) is 48.4. The molecule has 2 aliphatic heterocycles. The van der Waals surface area contributed by atoms with Crippen molar-refractivity contribution in [2.24, 2.45) is 4.99 Å². The van der Waals surface area contributed by atoms with Crippen LogP contribution in [0.2, 0.25) is 0 Å². The van der Waals surface area contributed by atoms with E-state index in [4.69, 9.17) is 50.0 Å². The standard InChI is InChI=1S/C22H20N2O2.C17H16BrNO2.C17H20O4S.C11H14O.C10H14O2.C8H8O.C7H4BrNO.C7H7ClO2S.C5H6BNO2.C3H5.B.BrH.Mg.Na.H2O3.H/c1-22(19-9-3-2-4-10-19)12-14-24(21(25)26-22)20-11-5-7-17(15-20)18-8-6-13-23-16-18;1-17(13-6-3-2-4-7-13)10-11-19(16(20)21-17)15-9-5-8-14(18)12-15;1-14-8-10-16(11-9-14)22(19,20)21-13-12-17(2,18)15-6-4-3-5-7-15;1-3-9-11(2,12)10-7-5-4-6-8-10;1-10(12,7-8-11)9-5-3-2-4-6-9;1-7(9)8-5-3-2-4-6-8;8-6-2-1-3-7(4-6)9-5-10;1-6-2-4-7(5-3-6)11(8,9)10;8-6(9)5-2-1-3-7-4-5;1-3-2;;;;;1-3-2;/h2-11,13,15-16H,12,14H2,1H3;2-9,12H,10-11H2,1H3;3-11,18H,12-13H2,1-2H3;3-8,12H,1,9H2,2H3;2-6,11-12H,7-8H2,1H3;2-6H,1H3;1-4H;2-5H,1H3;1-4,8-9H;3H,1-2H2;;1H;;;1-2H;/q;;;;;;;;;-1;;;+2;+1;;-1/p-1. The molecule has 2 aromatic heterocycles. The van der Waals surface area contributed by atoms with E-state index in [1.165, 1.54) is 42.6 Å².